The number of aromatic nitrogens is 2. The van der Waals surface area contributed by atoms with E-state index in [4.69, 9.17) is 67.5 Å². The van der Waals surface area contributed by atoms with Crippen molar-refractivity contribution in [1.29, 1.82) is 0 Å². The molecule has 0 unspecified atom stereocenters. The van der Waals surface area contributed by atoms with Gasteiger partial charge in [-0.3, -0.25) is 5.10 Å². The second-order valence-electron chi connectivity index (χ2n) is 8.64. The lowest BCUT2D eigenvalue weighted by atomic mass is 9.21. The van der Waals surface area contributed by atoms with E-state index in [2.05, 4.69) is 10.2 Å². The van der Waals surface area contributed by atoms with E-state index in [1.807, 2.05) is 18.2 Å². The molecule has 0 bridgehead atoms. The largest absolute Gasteiger partial charge is 0.478 e. The zero-order chi connectivity index (χ0) is 27.0. The SMILES string of the molecule is [B]C([B])([B])C([B])([B])/C(=C(/c1ccc(/C=C/C(=O)O)cc1)c1ccc2[nH]ncc2c1)c1ccc(Cl)cc1Cl. The molecule has 2 N–H and O–H groups in total. The van der Waals surface area contributed by atoms with Crippen molar-refractivity contribution in [1.82, 2.24) is 10.2 Å². The zero-order valence-electron chi connectivity index (χ0n) is 19.5. The van der Waals surface area contributed by atoms with Crippen LogP contribution in [-0.4, -0.2) is 60.5 Å². The molecule has 4 aromatic rings. The molecule has 37 heavy (non-hydrogen) atoms. The number of H-pyrrole nitrogens is 1. The minimum atomic E-state index is -2.07. The number of hydrogen-bond acceptors (Lipinski definition) is 2. The van der Waals surface area contributed by atoms with Crippen LogP contribution >= 0.6 is 23.2 Å². The number of fused-ring (bicyclic) bond motifs is 1. The van der Waals surface area contributed by atoms with Gasteiger partial charge in [-0.15, -0.1) is 5.11 Å². The first kappa shape index (κ1) is 27.0. The Morgan fingerprint density at radius 1 is 0.919 bits per heavy atom. The molecule has 0 aliphatic carbocycles. The summed E-state index contributed by atoms with van der Waals surface area (Å²) in [6.45, 7) is 0. The number of carbonyl (C=O) groups is 1. The molecule has 1 aromatic heterocycles. The van der Waals surface area contributed by atoms with Crippen molar-refractivity contribution in [3.8, 4) is 0 Å². The van der Waals surface area contributed by atoms with Gasteiger partial charge in [0.1, 0.15) is 0 Å². The van der Waals surface area contributed by atoms with Crippen LogP contribution in [0.2, 0.25) is 20.4 Å². The number of aromatic amines is 1. The molecule has 0 fully saturated rings. The van der Waals surface area contributed by atoms with Gasteiger partial charge in [-0.05, 0) is 63.7 Å². The molecule has 0 aliphatic rings. The topological polar surface area (TPSA) is 66.0 Å². The van der Waals surface area contributed by atoms with Crippen molar-refractivity contribution in [2.75, 3.05) is 0 Å². The molecule has 1 heterocycles. The smallest absolute Gasteiger partial charge is 0.328 e. The standard InChI is InChI=1S/C26H15B5Cl2N2O2/c27-25(28,26(29,30)31)24(19-8-7-18(32)12-20(19)33)23(16-6-9-21-17(11-16)13-34-35-21)15-4-1-14(2-5-15)3-10-22(36)37/h1-13H,(H,34,35)(H,36,37)/b10-3+,24-23-. The quantitative estimate of drug-likeness (QED) is 0.209. The molecule has 170 valence electrons. The fraction of sp³-hybridized carbons (Fsp3) is 0.0769. The van der Waals surface area contributed by atoms with Gasteiger partial charge in [0.2, 0.25) is 0 Å². The Hall–Kier alpha value is -3.02. The highest BCUT2D eigenvalue weighted by Gasteiger charge is 2.37. The molecule has 4 rings (SSSR count). The highest BCUT2D eigenvalue weighted by atomic mass is 35.5. The molecule has 0 atom stereocenters. The lowest BCUT2D eigenvalue weighted by Gasteiger charge is -2.46. The third-order valence-electron chi connectivity index (χ3n) is 5.93. The zero-order valence-corrected chi connectivity index (χ0v) is 21.0. The Bertz CT molecular complexity index is 1540. The Kier molecular flexibility index (Phi) is 7.59. The predicted molar refractivity (Wildman–Crippen MR) is 156 cm³/mol. The molecule has 0 spiro atoms. The van der Waals surface area contributed by atoms with Crippen LogP contribution in [0.5, 0.6) is 0 Å². The van der Waals surface area contributed by atoms with Crippen LogP contribution < -0.4 is 0 Å². The van der Waals surface area contributed by atoms with Gasteiger partial charge in [0.05, 0.1) is 50.9 Å². The van der Waals surface area contributed by atoms with Crippen molar-refractivity contribution < 1.29 is 9.90 Å². The Labute approximate surface area is 231 Å². The number of benzene rings is 3. The number of nitrogens with one attached hydrogen (secondary N) is 1. The van der Waals surface area contributed by atoms with E-state index in [-0.39, 0.29) is 10.6 Å². The van der Waals surface area contributed by atoms with Gasteiger partial charge in [0.15, 0.2) is 0 Å². The van der Waals surface area contributed by atoms with E-state index in [9.17, 15) is 4.79 Å². The normalized spacial score (nSPS) is 13.1. The van der Waals surface area contributed by atoms with Crippen LogP contribution in [0.1, 0.15) is 22.3 Å². The van der Waals surface area contributed by atoms with Crippen LogP contribution in [0.4, 0.5) is 0 Å². The molecule has 11 heteroatoms. The molecule has 0 aliphatic heterocycles. The highest BCUT2D eigenvalue weighted by molar-refractivity contribution is 6.70. The van der Waals surface area contributed by atoms with Crippen molar-refractivity contribution in [2.45, 2.75) is 10.3 Å². The predicted octanol–water partition coefficient (Wildman–Crippen LogP) is 4.96. The molecular weight excluding hydrogens is 497 g/mol. The fourth-order valence-electron chi connectivity index (χ4n) is 3.96. The fourth-order valence-corrected chi connectivity index (χ4v) is 4.46. The minimum absolute atomic E-state index is 0.259. The molecule has 3 aromatic carbocycles. The second kappa shape index (κ2) is 10.4. The Morgan fingerprint density at radius 3 is 2.22 bits per heavy atom. The number of carboxylic acid groups (broad SMARTS) is 1. The summed E-state index contributed by atoms with van der Waals surface area (Å²) in [7, 11) is 31.6. The number of allylic oxidation sites excluding steroid dienone is 1. The van der Waals surface area contributed by atoms with Gasteiger partial charge in [0.25, 0.3) is 0 Å². The second-order valence-corrected chi connectivity index (χ2v) is 9.49. The number of rotatable bonds is 7. The Morgan fingerprint density at radius 2 is 1.59 bits per heavy atom. The van der Waals surface area contributed by atoms with Crippen LogP contribution in [0, 0.1) is 0 Å². The van der Waals surface area contributed by atoms with E-state index in [0.717, 1.165) is 17.0 Å². The van der Waals surface area contributed by atoms with Crippen molar-refractivity contribution in [2.24, 2.45) is 0 Å². The summed E-state index contributed by atoms with van der Waals surface area (Å²) < 4.78 is 0. The van der Waals surface area contributed by atoms with E-state index >= 15 is 0 Å². The number of nitrogens with zero attached hydrogens (tertiary/aromatic N) is 1. The summed E-state index contributed by atoms with van der Waals surface area (Å²) in [5, 5.41) is 13.4. The molecule has 4 nitrogen and oxygen atoms in total. The van der Waals surface area contributed by atoms with Crippen molar-refractivity contribution in [3.05, 3.63) is 105 Å². The first-order valence-corrected chi connectivity index (χ1v) is 11.7. The number of hydrogen-bond donors (Lipinski definition) is 2. The van der Waals surface area contributed by atoms with Gasteiger partial charge in [0, 0.05) is 21.5 Å². The summed E-state index contributed by atoms with van der Waals surface area (Å²) in [5.74, 6) is -1.06. The lowest BCUT2D eigenvalue weighted by Crippen LogP contribution is -2.34. The average Bonchev–Trinajstić information content (AvgIpc) is 3.29. The molecule has 0 amide bonds. The molecular formula is C26H15B5Cl2N2O2. The summed E-state index contributed by atoms with van der Waals surface area (Å²) >= 11 is 12.8. The molecule has 0 saturated carbocycles. The van der Waals surface area contributed by atoms with E-state index in [1.165, 1.54) is 6.08 Å². The monoisotopic (exact) mass is 512 g/mol. The minimum Gasteiger partial charge on any atom is -0.478 e. The third-order valence-corrected chi connectivity index (χ3v) is 6.48. The maximum atomic E-state index is 10.9. The van der Waals surface area contributed by atoms with E-state index in [0.29, 0.717) is 32.8 Å². The van der Waals surface area contributed by atoms with Crippen molar-refractivity contribution >= 4 is 96.5 Å². The number of carboxylic acids is 1. The average molecular weight is 512 g/mol. The van der Waals surface area contributed by atoms with Crippen LogP contribution in [0.25, 0.3) is 28.1 Å². The Balaban J connectivity index is 2.10. The maximum absolute atomic E-state index is 10.9. The summed E-state index contributed by atoms with van der Waals surface area (Å²) in [6, 6.07) is 17.6. The molecule has 0 saturated heterocycles. The first-order valence-electron chi connectivity index (χ1n) is 11.0. The maximum Gasteiger partial charge on any atom is 0.328 e. The lowest BCUT2D eigenvalue weighted by molar-refractivity contribution is -0.131. The highest BCUT2D eigenvalue weighted by Crippen LogP contribution is 2.55. The van der Waals surface area contributed by atoms with Gasteiger partial charge in [-0.25, -0.2) is 4.79 Å². The van der Waals surface area contributed by atoms with E-state index < -0.39 is 16.3 Å². The van der Waals surface area contributed by atoms with Crippen LogP contribution in [0.15, 0.2) is 72.9 Å². The summed E-state index contributed by atoms with van der Waals surface area (Å²) in [5.41, 5.74) is 4.11. The third kappa shape index (κ3) is 5.63. The van der Waals surface area contributed by atoms with Crippen molar-refractivity contribution in [3.63, 3.8) is 0 Å². The van der Waals surface area contributed by atoms with Crippen LogP contribution in [0.3, 0.4) is 0 Å². The number of aliphatic carboxylic acids is 1. The van der Waals surface area contributed by atoms with Gasteiger partial charge < -0.3 is 5.11 Å². The van der Waals surface area contributed by atoms with Gasteiger partial charge >= 0.3 is 5.97 Å². The first-order chi connectivity index (χ1) is 17.4. The van der Waals surface area contributed by atoms with Gasteiger partial charge in [-0.1, -0.05) is 64.8 Å². The number of halogens is 2. The van der Waals surface area contributed by atoms with Crippen LogP contribution in [-0.2, 0) is 4.79 Å². The summed E-state index contributed by atoms with van der Waals surface area (Å²) in [4.78, 5) is 10.9. The van der Waals surface area contributed by atoms with Gasteiger partial charge in [-0.2, -0.15) is 5.10 Å². The summed E-state index contributed by atoms with van der Waals surface area (Å²) in [6.07, 6.45) is 4.21. The molecule has 10 radical (unpaired) electrons. The van der Waals surface area contributed by atoms with E-state index in [1.54, 1.807) is 48.7 Å².